The van der Waals surface area contributed by atoms with Crippen molar-refractivity contribution in [1.82, 2.24) is 0 Å². The number of rotatable bonds is 59. The molecule has 0 aromatic rings. The molecule has 0 aromatic heterocycles. The van der Waals surface area contributed by atoms with Gasteiger partial charge in [-0.1, -0.05) is 325 Å². The standard InChI is InChI=1S/C69H122O6/c1-4-7-10-13-16-19-22-25-28-31-34-37-40-43-46-49-52-55-58-61-67(70)73-64-66(75-69(72)63-60-57-54-51-48-45-42-39-36-33-30-27-24-21-18-15-12-9-6-3)65-74-68(71)62-59-56-53-50-47-44-41-38-35-32-29-26-23-20-17-14-11-8-5-2/h7,10,16,19,25,28,34,37,43,46,52,55,66H,4-6,8-9,11-15,17-18,20-24,26-27,29-33,35-36,38-42,44-45,47-51,53-54,56-65H2,1-3H3/b10-7+,19-16+,28-25+,37-34+,46-43+,55-52+/t66-/m0/s1. The van der Waals surface area contributed by atoms with Gasteiger partial charge in [-0.25, -0.2) is 0 Å². The van der Waals surface area contributed by atoms with Crippen molar-refractivity contribution in [2.75, 3.05) is 13.2 Å². The van der Waals surface area contributed by atoms with Crippen LogP contribution in [0.2, 0.25) is 0 Å². The molecule has 0 heterocycles. The minimum absolute atomic E-state index is 0.0939. The zero-order chi connectivity index (χ0) is 54.3. The third kappa shape index (κ3) is 61.6. The second kappa shape index (κ2) is 63.4. The molecule has 0 rings (SSSR count). The van der Waals surface area contributed by atoms with Gasteiger partial charge in [-0.2, -0.15) is 0 Å². The van der Waals surface area contributed by atoms with Crippen molar-refractivity contribution >= 4 is 17.9 Å². The summed E-state index contributed by atoms with van der Waals surface area (Å²) in [5.41, 5.74) is 0. The Bertz CT molecular complexity index is 1390. The summed E-state index contributed by atoms with van der Waals surface area (Å²) < 4.78 is 16.9. The molecule has 0 N–H and O–H groups in total. The highest BCUT2D eigenvalue weighted by atomic mass is 16.6. The summed E-state index contributed by atoms with van der Waals surface area (Å²) in [6.45, 7) is 6.52. The number of ether oxygens (including phenoxy) is 3. The van der Waals surface area contributed by atoms with E-state index >= 15 is 0 Å². The molecule has 6 heteroatoms. The molecule has 0 saturated heterocycles. The van der Waals surface area contributed by atoms with Gasteiger partial charge in [-0.15, -0.1) is 0 Å². The van der Waals surface area contributed by atoms with E-state index < -0.39 is 6.10 Å². The fourth-order valence-corrected chi connectivity index (χ4v) is 9.41. The van der Waals surface area contributed by atoms with Crippen LogP contribution in [0.1, 0.15) is 329 Å². The normalized spacial score (nSPS) is 12.5. The Morgan fingerprint density at radius 3 is 0.813 bits per heavy atom. The van der Waals surface area contributed by atoms with Crippen LogP contribution in [-0.4, -0.2) is 37.2 Å². The summed E-state index contributed by atoms with van der Waals surface area (Å²) in [6, 6.07) is 0. The summed E-state index contributed by atoms with van der Waals surface area (Å²) in [6.07, 6.45) is 82.1. The summed E-state index contributed by atoms with van der Waals surface area (Å²) in [5.74, 6) is -0.962. The van der Waals surface area contributed by atoms with Gasteiger partial charge in [0, 0.05) is 19.3 Å². The Hall–Kier alpha value is -3.15. The van der Waals surface area contributed by atoms with E-state index in [2.05, 4.69) is 87.6 Å². The molecule has 434 valence electrons. The fourth-order valence-electron chi connectivity index (χ4n) is 9.41. The topological polar surface area (TPSA) is 78.9 Å². The van der Waals surface area contributed by atoms with Gasteiger partial charge in [0.1, 0.15) is 13.2 Å². The highest BCUT2D eigenvalue weighted by Gasteiger charge is 2.19. The van der Waals surface area contributed by atoms with Crippen LogP contribution in [0, 0.1) is 0 Å². The predicted octanol–water partition coefficient (Wildman–Crippen LogP) is 22.1. The van der Waals surface area contributed by atoms with Crippen LogP contribution in [0.15, 0.2) is 72.9 Å². The van der Waals surface area contributed by atoms with Crippen LogP contribution < -0.4 is 0 Å². The number of hydrogen-bond acceptors (Lipinski definition) is 6. The highest BCUT2D eigenvalue weighted by Crippen LogP contribution is 2.18. The van der Waals surface area contributed by atoms with Gasteiger partial charge in [0.25, 0.3) is 0 Å². The quantitative estimate of drug-likeness (QED) is 0.0261. The predicted molar refractivity (Wildman–Crippen MR) is 325 cm³/mol. The molecule has 0 aromatic carbocycles. The van der Waals surface area contributed by atoms with Crippen LogP contribution in [0.3, 0.4) is 0 Å². The molecule has 6 nitrogen and oxygen atoms in total. The van der Waals surface area contributed by atoms with Gasteiger partial charge < -0.3 is 14.2 Å². The largest absolute Gasteiger partial charge is 0.462 e. The van der Waals surface area contributed by atoms with Crippen molar-refractivity contribution in [3.63, 3.8) is 0 Å². The van der Waals surface area contributed by atoms with Crippen molar-refractivity contribution in [2.24, 2.45) is 0 Å². The Balaban J connectivity index is 4.43. The third-order valence-corrected chi connectivity index (χ3v) is 14.2. The zero-order valence-electron chi connectivity index (χ0n) is 49.8. The third-order valence-electron chi connectivity index (χ3n) is 14.2. The Morgan fingerprint density at radius 2 is 0.520 bits per heavy atom. The molecule has 0 fully saturated rings. The van der Waals surface area contributed by atoms with Gasteiger partial charge in [0.2, 0.25) is 0 Å². The summed E-state index contributed by atoms with van der Waals surface area (Å²) in [7, 11) is 0. The molecule has 75 heavy (non-hydrogen) atoms. The maximum absolute atomic E-state index is 12.9. The van der Waals surface area contributed by atoms with Crippen molar-refractivity contribution in [3.8, 4) is 0 Å². The average molecular weight is 1050 g/mol. The summed E-state index contributed by atoms with van der Waals surface area (Å²) in [4.78, 5) is 38.3. The van der Waals surface area contributed by atoms with E-state index in [1.807, 2.05) is 6.08 Å². The van der Waals surface area contributed by atoms with E-state index in [0.29, 0.717) is 19.3 Å². The van der Waals surface area contributed by atoms with Gasteiger partial charge >= 0.3 is 17.9 Å². The van der Waals surface area contributed by atoms with Crippen LogP contribution in [0.5, 0.6) is 0 Å². The Morgan fingerprint density at radius 1 is 0.280 bits per heavy atom. The van der Waals surface area contributed by atoms with Crippen LogP contribution in [0.4, 0.5) is 0 Å². The molecule has 0 bridgehead atoms. The Labute approximate surface area is 465 Å². The van der Waals surface area contributed by atoms with Gasteiger partial charge in [0.05, 0.1) is 0 Å². The molecule has 0 aliphatic rings. The molecule has 0 saturated carbocycles. The first kappa shape index (κ1) is 71.8. The minimum atomic E-state index is -0.804. The van der Waals surface area contributed by atoms with E-state index in [1.165, 1.54) is 205 Å². The second-order valence-electron chi connectivity index (χ2n) is 21.7. The lowest BCUT2D eigenvalue weighted by Crippen LogP contribution is -2.30. The average Bonchev–Trinajstić information content (AvgIpc) is 3.41. The lowest BCUT2D eigenvalue weighted by Gasteiger charge is -2.18. The summed E-state index contributed by atoms with van der Waals surface area (Å²) in [5, 5.41) is 0. The van der Waals surface area contributed by atoms with E-state index in [-0.39, 0.29) is 37.5 Å². The zero-order valence-corrected chi connectivity index (χ0v) is 49.8. The summed E-state index contributed by atoms with van der Waals surface area (Å²) >= 11 is 0. The second-order valence-corrected chi connectivity index (χ2v) is 21.7. The number of unbranched alkanes of at least 4 members (excludes halogenated alkanes) is 36. The first-order valence-corrected chi connectivity index (χ1v) is 32.4. The van der Waals surface area contributed by atoms with Crippen molar-refractivity contribution in [3.05, 3.63) is 72.9 Å². The number of hydrogen-bond donors (Lipinski definition) is 0. The number of allylic oxidation sites excluding steroid dienone is 12. The first-order chi connectivity index (χ1) is 37.0. The van der Waals surface area contributed by atoms with Crippen molar-refractivity contribution in [2.45, 2.75) is 335 Å². The highest BCUT2D eigenvalue weighted by molar-refractivity contribution is 5.71. The number of esters is 3. The SMILES string of the molecule is CC/C=C/C/C=C/C/C=C/C/C=C/C/C=C/C/C=C/CCC(=O)OC[C@@H](COC(=O)CCCCCCCCCCCCCCCCCCCCC)OC(=O)CCCCCCCCCCCCCCCCCCCCC. The monoisotopic (exact) mass is 1050 g/mol. The minimum Gasteiger partial charge on any atom is -0.462 e. The lowest BCUT2D eigenvalue weighted by molar-refractivity contribution is -0.166. The Kier molecular flexibility index (Phi) is 60.7. The van der Waals surface area contributed by atoms with Crippen LogP contribution in [0.25, 0.3) is 0 Å². The number of carbonyl (C=O) groups is 3. The molecule has 0 amide bonds. The van der Waals surface area contributed by atoms with E-state index in [0.717, 1.165) is 77.0 Å². The molecular formula is C69H122O6. The molecule has 0 unspecified atom stereocenters. The molecule has 0 aliphatic carbocycles. The fraction of sp³-hybridized carbons (Fsp3) is 0.783. The smallest absolute Gasteiger partial charge is 0.306 e. The van der Waals surface area contributed by atoms with Gasteiger partial charge in [-0.05, 0) is 57.8 Å². The molecule has 0 spiro atoms. The van der Waals surface area contributed by atoms with Crippen LogP contribution >= 0.6 is 0 Å². The van der Waals surface area contributed by atoms with E-state index in [9.17, 15) is 14.4 Å². The lowest BCUT2D eigenvalue weighted by atomic mass is 10.0. The van der Waals surface area contributed by atoms with Crippen molar-refractivity contribution in [1.29, 1.82) is 0 Å². The molecular weight excluding hydrogens is 925 g/mol. The maximum atomic E-state index is 12.9. The van der Waals surface area contributed by atoms with Crippen LogP contribution in [-0.2, 0) is 28.6 Å². The molecule has 0 aliphatic heterocycles. The van der Waals surface area contributed by atoms with E-state index in [4.69, 9.17) is 14.2 Å². The maximum Gasteiger partial charge on any atom is 0.306 e. The molecule has 0 radical (unpaired) electrons. The van der Waals surface area contributed by atoms with E-state index in [1.54, 1.807) is 0 Å². The van der Waals surface area contributed by atoms with Gasteiger partial charge in [-0.3, -0.25) is 14.4 Å². The first-order valence-electron chi connectivity index (χ1n) is 32.4. The van der Waals surface area contributed by atoms with Crippen molar-refractivity contribution < 1.29 is 28.6 Å². The van der Waals surface area contributed by atoms with Gasteiger partial charge in [0.15, 0.2) is 6.10 Å². The number of carbonyl (C=O) groups excluding carboxylic acids is 3. The molecule has 1 atom stereocenters.